The molecule has 4 N–H and O–H groups in total. The highest BCUT2D eigenvalue weighted by molar-refractivity contribution is 9.10. The molecule has 0 saturated carbocycles. The van der Waals surface area contributed by atoms with Crippen LogP contribution in [0.25, 0.3) is 11.3 Å². The van der Waals surface area contributed by atoms with Gasteiger partial charge in [-0.1, -0.05) is 5.16 Å². The third-order valence-corrected chi connectivity index (χ3v) is 2.59. The zero-order valence-corrected chi connectivity index (χ0v) is 9.32. The Hall–Kier alpha value is -1.76. The smallest absolute Gasteiger partial charge is 0.222 e. The molecular formula is C9H6BrFN2O3. The number of aromatic nitrogens is 1. The van der Waals surface area contributed by atoms with Crippen molar-refractivity contribution in [1.82, 2.24) is 5.16 Å². The van der Waals surface area contributed by atoms with E-state index in [1.54, 1.807) is 0 Å². The van der Waals surface area contributed by atoms with Crippen molar-refractivity contribution in [2.45, 2.75) is 0 Å². The molecule has 0 saturated heterocycles. The molecule has 0 atom stereocenters. The average molecular weight is 289 g/mol. The zero-order valence-electron chi connectivity index (χ0n) is 7.74. The second-order valence-corrected chi connectivity index (χ2v) is 3.88. The molecule has 1 heterocycles. The molecule has 0 unspecified atom stereocenters. The van der Waals surface area contributed by atoms with E-state index in [9.17, 15) is 14.6 Å². The number of anilines is 1. The lowest BCUT2D eigenvalue weighted by Crippen LogP contribution is -1.86. The second-order valence-electron chi connectivity index (χ2n) is 3.03. The summed E-state index contributed by atoms with van der Waals surface area (Å²) >= 11 is 3.04. The lowest BCUT2D eigenvalue weighted by molar-refractivity contribution is 0.379. The van der Waals surface area contributed by atoms with Gasteiger partial charge >= 0.3 is 0 Å². The van der Waals surface area contributed by atoms with Crippen LogP contribution in [0.3, 0.4) is 0 Å². The van der Waals surface area contributed by atoms with E-state index in [4.69, 9.17) is 5.73 Å². The van der Waals surface area contributed by atoms with Crippen LogP contribution in [0.5, 0.6) is 11.5 Å². The zero-order chi connectivity index (χ0) is 11.9. The molecule has 0 fully saturated rings. The standard InChI is InChI=1S/C9H6BrFN2O3/c10-3-1-4(11)8(14)9(15)7(3)5-2-6(12)16-13-5/h1-2,14-15H,12H2. The minimum absolute atomic E-state index is 0.0464. The number of benzene rings is 1. The highest BCUT2D eigenvalue weighted by Crippen LogP contribution is 2.43. The van der Waals surface area contributed by atoms with Gasteiger partial charge in [-0.2, -0.15) is 0 Å². The summed E-state index contributed by atoms with van der Waals surface area (Å²) in [5.41, 5.74) is 5.62. The molecule has 1 aromatic heterocycles. The number of nitrogens with two attached hydrogens (primary N) is 1. The lowest BCUT2D eigenvalue weighted by Gasteiger charge is -2.06. The first-order valence-corrected chi connectivity index (χ1v) is 4.92. The molecule has 2 aromatic rings. The number of rotatable bonds is 1. The molecule has 84 valence electrons. The minimum Gasteiger partial charge on any atom is -0.504 e. The summed E-state index contributed by atoms with van der Waals surface area (Å²) in [6.07, 6.45) is 0. The van der Waals surface area contributed by atoms with Crippen LogP contribution in [0.4, 0.5) is 10.3 Å². The molecule has 0 aliphatic rings. The molecular weight excluding hydrogens is 283 g/mol. The van der Waals surface area contributed by atoms with E-state index in [1.807, 2.05) is 0 Å². The Balaban J connectivity index is 2.70. The van der Waals surface area contributed by atoms with Gasteiger partial charge in [-0.25, -0.2) is 4.39 Å². The van der Waals surface area contributed by atoms with Gasteiger partial charge in [0.25, 0.3) is 0 Å². The summed E-state index contributed by atoms with van der Waals surface area (Å²) in [5.74, 6) is -2.37. The number of nitrogens with zero attached hydrogens (tertiary/aromatic N) is 1. The van der Waals surface area contributed by atoms with Gasteiger partial charge in [-0.15, -0.1) is 0 Å². The highest BCUT2D eigenvalue weighted by atomic mass is 79.9. The number of phenolic OH excluding ortho intramolecular Hbond substituents is 2. The maximum Gasteiger partial charge on any atom is 0.222 e. The number of halogens is 2. The molecule has 0 aliphatic carbocycles. The van der Waals surface area contributed by atoms with E-state index < -0.39 is 17.3 Å². The Labute approximate surface area is 97.4 Å². The van der Waals surface area contributed by atoms with E-state index in [-0.39, 0.29) is 21.6 Å². The van der Waals surface area contributed by atoms with Crippen LogP contribution in [-0.4, -0.2) is 15.4 Å². The number of phenols is 2. The number of aromatic hydroxyl groups is 2. The van der Waals surface area contributed by atoms with Gasteiger partial charge in [-0.3, -0.25) is 0 Å². The fourth-order valence-electron chi connectivity index (χ4n) is 1.25. The molecule has 0 radical (unpaired) electrons. The highest BCUT2D eigenvalue weighted by Gasteiger charge is 2.20. The molecule has 5 nitrogen and oxygen atoms in total. The van der Waals surface area contributed by atoms with Crippen LogP contribution in [-0.2, 0) is 0 Å². The first-order chi connectivity index (χ1) is 7.50. The molecule has 0 amide bonds. The molecule has 0 bridgehead atoms. The summed E-state index contributed by atoms with van der Waals surface area (Å²) < 4.78 is 17.9. The van der Waals surface area contributed by atoms with E-state index >= 15 is 0 Å². The van der Waals surface area contributed by atoms with Crippen molar-refractivity contribution in [3.63, 3.8) is 0 Å². The van der Waals surface area contributed by atoms with Crippen molar-refractivity contribution >= 4 is 21.8 Å². The van der Waals surface area contributed by atoms with Gasteiger partial charge in [0, 0.05) is 10.5 Å². The Morgan fingerprint density at radius 3 is 2.56 bits per heavy atom. The molecule has 2 rings (SSSR count). The van der Waals surface area contributed by atoms with E-state index in [0.29, 0.717) is 0 Å². The second kappa shape index (κ2) is 3.67. The third kappa shape index (κ3) is 1.58. The van der Waals surface area contributed by atoms with Crippen LogP contribution in [0.1, 0.15) is 0 Å². The van der Waals surface area contributed by atoms with Crippen molar-refractivity contribution in [1.29, 1.82) is 0 Å². The van der Waals surface area contributed by atoms with Crippen molar-refractivity contribution in [2.75, 3.05) is 5.73 Å². The topological polar surface area (TPSA) is 92.5 Å². The Bertz CT molecular complexity index is 556. The fraction of sp³-hybridized carbons (Fsp3) is 0. The minimum atomic E-state index is -0.940. The quantitative estimate of drug-likeness (QED) is 0.700. The Morgan fingerprint density at radius 1 is 1.31 bits per heavy atom. The van der Waals surface area contributed by atoms with Crippen LogP contribution in [0, 0.1) is 5.82 Å². The van der Waals surface area contributed by atoms with Gasteiger partial charge in [0.05, 0.1) is 5.56 Å². The van der Waals surface area contributed by atoms with E-state index in [2.05, 4.69) is 25.6 Å². The molecule has 0 spiro atoms. The fourth-order valence-corrected chi connectivity index (χ4v) is 1.84. The monoisotopic (exact) mass is 288 g/mol. The Morgan fingerprint density at radius 2 is 2.00 bits per heavy atom. The van der Waals surface area contributed by atoms with E-state index in [0.717, 1.165) is 6.07 Å². The maximum absolute atomic E-state index is 13.0. The van der Waals surface area contributed by atoms with Crippen LogP contribution in [0.15, 0.2) is 21.1 Å². The summed E-state index contributed by atoms with van der Waals surface area (Å²) in [6, 6.07) is 2.35. The van der Waals surface area contributed by atoms with Gasteiger partial charge in [-0.05, 0) is 22.0 Å². The van der Waals surface area contributed by atoms with Crippen molar-refractivity contribution < 1.29 is 19.1 Å². The van der Waals surface area contributed by atoms with Crippen LogP contribution >= 0.6 is 15.9 Å². The maximum atomic E-state index is 13.0. The third-order valence-electron chi connectivity index (χ3n) is 1.96. The van der Waals surface area contributed by atoms with Crippen molar-refractivity contribution in [3.05, 3.63) is 22.4 Å². The van der Waals surface area contributed by atoms with Crippen molar-refractivity contribution in [3.8, 4) is 22.8 Å². The van der Waals surface area contributed by atoms with Crippen LogP contribution < -0.4 is 5.73 Å². The van der Waals surface area contributed by atoms with Gasteiger partial charge in [0.1, 0.15) is 5.69 Å². The Kier molecular flexibility index (Phi) is 2.47. The van der Waals surface area contributed by atoms with Crippen LogP contribution in [0.2, 0.25) is 0 Å². The predicted molar refractivity (Wildman–Crippen MR) is 57.3 cm³/mol. The molecule has 16 heavy (non-hydrogen) atoms. The summed E-state index contributed by atoms with van der Waals surface area (Å²) in [4.78, 5) is 0. The SMILES string of the molecule is Nc1cc(-c2c(Br)cc(F)c(O)c2O)no1. The predicted octanol–water partition coefficient (Wildman–Crippen LogP) is 2.24. The van der Waals surface area contributed by atoms with Gasteiger partial charge < -0.3 is 20.5 Å². The summed E-state index contributed by atoms with van der Waals surface area (Å²) in [7, 11) is 0. The van der Waals surface area contributed by atoms with E-state index in [1.165, 1.54) is 6.07 Å². The average Bonchev–Trinajstić information content (AvgIpc) is 2.61. The molecule has 0 aliphatic heterocycles. The van der Waals surface area contributed by atoms with Gasteiger partial charge in [0.2, 0.25) is 5.88 Å². The lowest BCUT2D eigenvalue weighted by atomic mass is 10.1. The number of nitrogen functional groups attached to an aromatic ring is 1. The number of hydrogen-bond acceptors (Lipinski definition) is 5. The number of hydrogen-bond donors (Lipinski definition) is 3. The summed E-state index contributed by atoms with van der Waals surface area (Å²) in [6.45, 7) is 0. The largest absolute Gasteiger partial charge is 0.504 e. The first-order valence-electron chi connectivity index (χ1n) is 4.13. The molecule has 7 heteroatoms. The van der Waals surface area contributed by atoms with Crippen molar-refractivity contribution in [2.24, 2.45) is 0 Å². The molecule has 1 aromatic carbocycles. The van der Waals surface area contributed by atoms with Gasteiger partial charge in [0.15, 0.2) is 17.3 Å². The normalized spacial score (nSPS) is 10.6. The first kappa shape index (κ1) is 10.7. The summed E-state index contributed by atoms with van der Waals surface area (Å²) in [5, 5.41) is 22.4.